The van der Waals surface area contributed by atoms with E-state index >= 15 is 0 Å². The zero-order valence-corrected chi connectivity index (χ0v) is 13.1. The number of phenolic OH excluding ortho intramolecular Hbond substituents is 1. The highest BCUT2D eigenvalue weighted by Crippen LogP contribution is 2.28. The van der Waals surface area contributed by atoms with Crippen molar-refractivity contribution in [2.45, 2.75) is 25.5 Å². The first-order valence-electron chi connectivity index (χ1n) is 7.36. The molecule has 0 saturated heterocycles. The van der Waals surface area contributed by atoms with E-state index in [-0.39, 0.29) is 36.8 Å². The van der Waals surface area contributed by atoms with E-state index in [9.17, 15) is 28.4 Å². The summed E-state index contributed by atoms with van der Waals surface area (Å²) in [5, 5.41) is 23.6. The minimum absolute atomic E-state index is 0.145. The Bertz CT molecular complexity index is 823. The second kappa shape index (κ2) is 6.71. The van der Waals surface area contributed by atoms with Crippen molar-refractivity contribution in [1.29, 1.82) is 0 Å². The number of phenols is 1. The number of rotatable bonds is 5. The molecular weight excluding hydrogens is 361 g/mol. The number of imidazole rings is 1. The van der Waals surface area contributed by atoms with Crippen LogP contribution in [0.4, 0.5) is 19.0 Å². The zero-order chi connectivity index (χ0) is 18.9. The molecule has 0 aliphatic carbocycles. The number of ether oxygens (including phenoxy) is 2. The third kappa shape index (κ3) is 4.14. The molecule has 2 N–H and O–H groups in total. The van der Waals surface area contributed by atoms with Gasteiger partial charge in [0.15, 0.2) is 0 Å². The number of aromatic hydroxyl groups is 1. The van der Waals surface area contributed by atoms with Crippen LogP contribution in [0.15, 0.2) is 24.4 Å². The summed E-state index contributed by atoms with van der Waals surface area (Å²) in [5.74, 6) is -1.19. The first-order chi connectivity index (χ1) is 12.2. The Morgan fingerprint density at radius 2 is 2.27 bits per heavy atom. The average molecular weight is 374 g/mol. The second-order valence-electron chi connectivity index (χ2n) is 5.52. The van der Waals surface area contributed by atoms with Crippen LogP contribution in [-0.2, 0) is 13.1 Å². The van der Waals surface area contributed by atoms with Gasteiger partial charge in [-0.1, -0.05) is 6.07 Å². The molecule has 12 heteroatoms. The topological polar surface area (TPSA) is 112 Å². The van der Waals surface area contributed by atoms with E-state index < -0.39 is 17.0 Å². The smallest absolute Gasteiger partial charge is 0.507 e. The molecule has 0 unspecified atom stereocenters. The predicted octanol–water partition coefficient (Wildman–Crippen LogP) is 1.95. The summed E-state index contributed by atoms with van der Waals surface area (Å²) in [6, 6.07) is 3.19. The molecule has 1 aromatic carbocycles. The molecule has 1 aliphatic heterocycles. The lowest BCUT2D eigenvalue weighted by molar-refractivity contribution is -0.389. The molecule has 2 heterocycles. The highest BCUT2D eigenvalue weighted by Gasteiger charge is 2.31. The van der Waals surface area contributed by atoms with Gasteiger partial charge in [-0.2, -0.15) is 0 Å². The molecule has 1 aromatic heterocycles. The van der Waals surface area contributed by atoms with Crippen molar-refractivity contribution in [3.63, 3.8) is 0 Å². The van der Waals surface area contributed by atoms with Crippen LogP contribution in [0.25, 0.3) is 0 Å². The van der Waals surface area contributed by atoms with Crippen LogP contribution < -0.4 is 14.8 Å². The number of benzene rings is 1. The van der Waals surface area contributed by atoms with Gasteiger partial charge in [-0.05, 0) is 11.0 Å². The maximum atomic E-state index is 12.2. The van der Waals surface area contributed by atoms with Crippen molar-refractivity contribution >= 4 is 5.82 Å². The lowest BCUT2D eigenvalue weighted by atomic mass is 10.1. The van der Waals surface area contributed by atoms with E-state index in [0.717, 1.165) is 12.1 Å². The molecule has 0 saturated carbocycles. The molecule has 0 fully saturated rings. The van der Waals surface area contributed by atoms with Crippen LogP contribution >= 0.6 is 0 Å². The average Bonchev–Trinajstić information content (AvgIpc) is 2.96. The van der Waals surface area contributed by atoms with Crippen LogP contribution in [0.5, 0.6) is 17.5 Å². The van der Waals surface area contributed by atoms with Gasteiger partial charge < -0.3 is 30.0 Å². The molecule has 1 aliphatic rings. The number of fused-ring (bicyclic) bond motifs is 1. The highest BCUT2D eigenvalue weighted by molar-refractivity contribution is 5.39. The van der Waals surface area contributed by atoms with E-state index in [4.69, 9.17) is 4.74 Å². The lowest BCUT2D eigenvalue weighted by Gasteiger charge is -2.23. The Balaban J connectivity index is 1.60. The lowest BCUT2D eigenvalue weighted by Crippen LogP contribution is -2.41. The van der Waals surface area contributed by atoms with Crippen LogP contribution in [0.1, 0.15) is 5.56 Å². The standard InChI is InChI=1S/C14H13F3N4O5/c15-14(16,17)26-10-2-1-8(11(22)3-10)4-18-9-5-20-6-12(21(23)24)19-13(20)25-7-9/h1-3,6,9,18,22H,4-5,7H2/t9-/m0/s1. The molecule has 0 amide bonds. The Labute approximate surface area is 144 Å². The SMILES string of the molecule is O=[N+]([O-])c1cn2c(n1)OC[C@@H](NCc1ccc(OC(F)(F)F)cc1O)C2. The molecule has 0 bridgehead atoms. The van der Waals surface area contributed by atoms with Crippen LogP contribution in [-0.4, -0.2) is 38.6 Å². The minimum Gasteiger partial charge on any atom is -0.507 e. The Morgan fingerprint density at radius 3 is 2.92 bits per heavy atom. The Morgan fingerprint density at radius 1 is 1.50 bits per heavy atom. The molecule has 1 atom stereocenters. The van der Waals surface area contributed by atoms with Crippen molar-refractivity contribution in [1.82, 2.24) is 14.9 Å². The van der Waals surface area contributed by atoms with Crippen molar-refractivity contribution in [2.75, 3.05) is 6.61 Å². The number of nitrogens with zero attached hydrogens (tertiary/aromatic N) is 3. The number of hydrogen-bond donors (Lipinski definition) is 2. The van der Waals surface area contributed by atoms with E-state index in [1.165, 1.54) is 16.8 Å². The van der Waals surface area contributed by atoms with E-state index in [1.54, 1.807) is 0 Å². The fraction of sp³-hybridized carbons (Fsp3) is 0.357. The first kappa shape index (κ1) is 17.8. The molecule has 0 radical (unpaired) electrons. The van der Waals surface area contributed by atoms with Gasteiger partial charge in [-0.3, -0.25) is 4.57 Å². The van der Waals surface area contributed by atoms with Gasteiger partial charge in [0.1, 0.15) is 24.3 Å². The first-order valence-corrected chi connectivity index (χ1v) is 7.36. The predicted molar refractivity (Wildman–Crippen MR) is 79.8 cm³/mol. The van der Waals surface area contributed by atoms with E-state index in [1.807, 2.05) is 0 Å². The van der Waals surface area contributed by atoms with Gasteiger partial charge in [-0.15, -0.1) is 13.2 Å². The molecule has 2 aromatic rings. The minimum atomic E-state index is -4.84. The van der Waals surface area contributed by atoms with Gasteiger partial charge >= 0.3 is 18.2 Å². The maximum absolute atomic E-state index is 12.2. The van der Waals surface area contributed by atoms with Gasteiger partial charge in [-0.25, -0.2) is 0 Å². The number of aromatic nitrogens is 2. The number of nitrogens with one attached hydrogen (secondary N) is 1. The molecule has 26 heavy (non-hydrogen) atoms. The molecular formula is C14H13F3N4O5. The summed E-state index contributed by atoms with van der Waals surface area (Å²) in [4.78, 5) is 13.8. The Hall–Kier alpha value is -3.02. The van der Waals surface area contributed by atoms with E-state index in [2.05, 4.69) is 15.0 Å². The van der Waals surface area contributed by atoms with Crippen molar-refractivity contribution in [3.05, 3.63) is 40.1 Å². The Kier molecular flexibility index (Phi) is 4.59. The van der Waals surface area contributed by atoms with Crippen LogP contribution in [0.2, 0.25) is 0 Å². The number of nitro groups is 1. The summed E-state index contributed by atoms with van der Waals surface area (Å²) < 4.78 is 47.0. The summed E-state index contributed by atoms with van der Waals surface area (Å²) in [7, 11) is 0. The number of alkyl halides is 3. The number of halogens is 3. The summed E-state index contributed by atoms with van der Waals surface area (Å²) >= 11 is 0. The fourth-order valence-corrected chi connectivity index (χ4v) is 2.45. The summed E-state index contributed by atoms with van der Waals surface area (Å²) in [6.45, 7) is 0.703. The second-order valence-corrected chi connectivity index (χ2v) is 5.52. The maximum Gasteiger partial charge on any atom is 0.573 e. The number of hydrogen-bond acceptors (Lipinski definition) is 7. The molecule has 140 valence electrons. The van der Waals surface area contributed by atoms with Gasteiger partial charge in [0, 0.05) is 29.7 Å². The third-order valence-electron chi connectivity index (χ3n) is 3.62. The molecule has 9 nitrogen and oxygen atoms in total. The fourth-order valence-electron chi connectivity index (χ4n) is 2.45. The monoisotopic (exact) mass is 374 g/mol. The molecule has 3 rings (SSSR count). The van der Waals surface area contributed by atoms with Gasteiger partial charge in [0.25, 0.3) is 0 Å². The van der Waals surface area contributed by atoms with Gasteiger partial charge in [0.05, 0.1) is 6.04 Å². The molecule has 0 spiro atoms. The third-order valence-corrected chi connectivity index (χ3v) is 3.62. The van der Waals surface area contributed by atoms with Crippen LogP contribution in [0.3, 0.4) is 0 Å². The zero-order valence-electron chi connectivity index (χ0n) is 13.1. The quantitative estimate of drug-likeness (QED) is 0.608. The van der Waals surface area contributed by atoms with Crippen molar-refractivity contribution < 1.29 is 32.7 Å². The normalized spacial score (nSPS) is 16.7. The highest BCUT2D eigenvalue weighted by atomic mass is 19.4. The van der Waals surface area contributed by atoms with Crippen molar-refractivity contribution in [3.8, 4) is 17.5 Å². The largest absolute Gasteiger partial charge is 0.573 e. The summed E-state index contributed by atoms with van der Waals surface area (Å²) in [5.41, 5.74) is 0.363. The van der Waals surface area contributed by atoms with Gasteiger partial charge in [0.2, 0.25) is 0 Å². The van der Waals surface area contributed by atoms with E-state index in [0.29, 0.717) is 12.1 Å². The van der Waals surface area contributed by atoms with Crippen molar-refractivity contribution in [2.24, 2.45) is 0 Å². The van der Waals surface area contributed by atoms with Crippen LogP contribution in [0, 0.1) is 10.1 Å². The summed E-state index contributed by atoms with van der Waals surface area (Å²) in [6.07, 6.45) is -3.58.